The van der Waals surface area contributed by atoms with E-state index in [1.165, 1.54) is 43.6 Å². The third-order valence-corrected chi connectivity index (χ3v) is 8.70. The van der Waals surface area contributed by atoms with Gasteiger partial charge in [0.1, 0.15) is 0 Å². The quantitative estimate of drug-likeness (QED) is 0.210. The Morgan fingerprint density at radius 1 is 0.364 bits per heavy atom. The van der Waals surface area contributed by atoms with E-state index in [0.29, 0.717) is 0 Å². The molecular formula is C41H27N3. The van der Waals surface area contributed by atoms with Crippen LogP contribution in [0, 0.1) is 0 Å². The van der Waals surface area contributed by atoms with Crippen LogP contribution in [0.1, 0.15) is 0 Å². The molecule has 0 aliphatic heterocycles. The molecule has 0 saturated heterocycles. The Kier molecular flexibility index (Phi) is 5.50. The van der Waals surface area contributed by atoms with Crippen molar-refractivity contribution in [2.45, 2.75) is 0 Å². The number of hydrogen-bond donors (Lipinski definition) is 0. The van der Waals surface area contributed by atoms with Crippen LogP contribution in [0.2, 0.25) is 0 Å². The minimum absolute atomic E-state index is 0.959. The first kappa shape index (κ1) is 24.6. The van der Waals surface area contributed by atoms with Crippen LogP contribution in [-0.4, -0.2) is 14.1 Å². The van der Waals surface area contributed by atoms with Crippen molar-refractivity contribution in [1.82, 2.24) is 14.1 Å². The van der Waals surface area contributed by atoms with Gasteiger partial charge in [0.05, 0.1) is 33.5 Å². The van der Waals surface area contributed by atoms with Gasteiger partial charge in [-0.2, -0.15) is 0 Å². The predicted octanol–water partition coefficient (Wildman–Crippen LogP) is 10.6. The van der Waals surface area contributed by atoms with Gasteiger partial charge < -0.3 is 9.13 Å². The third-order valence-electron chi connectivity index (χ3n) is 8.70. The van der Waals surface area contributed by atoms with Crippen LogP contribution < -0.4 is 0 Å². The minimum atomic E-state index is 0.959. The fourth-order valence-corrected chi connectivity index (χ4v) is 6.80. The molecule has 0 fully saturated rings. The van der Waals surface area contributed by atoms with Crippen LogP contribution in [-0.2, 0) is 0 Å². The number of pyridine rings is 1. The van der Waals surface area contributed by atoms with Gasteiger partial charge >= 0.3 is 0 Å². The third kappa shape index (κ3) is 3.73. The van der Waals surface area contributed by atoms with Crippen LogP contribution in [0.25, 0.3) is 77.5 Å². The molecule has 0 aliphatic rings. The normalized spacial score (nSPS) is 11.6. The first-order valence-corrected chi connectivity index (χ1v) is 15.0. The molecule has 0 spiro atoms. The van der Waals surface area contributed by atoms with Crippen molar-refractivity contribution in [2.24, 2.45) is 0 Å². The molecular weight excluding hydrogens is 534 g/mol. The zero-order valence-corrected chi connectivity index (χ0v) is 23.9. The highest BCUT2D eigenvalue weighted by Gasteiger charge is 2.20. The minimum Gasteiger partial charge on any atom is -0.309 e. The van der Waals surface area contributed by atoms with E-state index >= 15 is 0 Å². The molecule has 44 heavy (non-hydrogen) atoms. The largest absolute Gasteiger partial charge is 0.309 e. The molecule has 0 amide bonds. The van der Waals surface area contributed by atoms with Gasteiger partial charge in [-0.05, 0) is 54.6 Å². The maximum Gasteiger partial charge on any atom is 0.0710 e. The van der Waals surface area contributed by atoms with Crippen LogP contribution >= 0.6 is 0 Å². The summed E-state index contributed by atoms with van der Waals surface area (Å²) in [5.41, 5.74) is 11.2. The maximum absolute atomic E-state index is 5.06. The monoisotopic (exact) mass is 561 g/mol. The van der Waals surface area contributed by atoms with Crippen molar-refractivity contribution in [1.29, 1.82) is 0 Å². The van der Waals surface area contributed by atoms with Crippen LogP contribution in [0.4, 0.5) is 0 Å². The molecule has 0 aliphatic carbocycles. The van der Waals surface area contributed by atoms with Crippen LogP contribution in [0.3, 0.4) is 0 Å². The molecule has 3 heterocycles. The topological polar surface area (TPSA) is 22.8 Å². The van der Waals surface area contributed by atoms with Gasteiger partial charge in [-0.3, -0.25) is 0 Å². The first-order chi connectivity index (χ1) is 21.8. The molecule has 0 atom stereocenters. The molecule has 0 saturated carbocycles. The summed E-state index contributed by atoms with van der Waals surface area (Å²) < 4.78 is 4.83. The van der Waals surface area contributed by atoms with Gasteiger partial charge in [-0.15, -0.1) is 0 Å². The second-order valence-electron chi connectivity index (χ2n) is 11.2. The van der Waals surface area contributed by atoms with Gasteiger partial charge in [0, 0.05) is 44.0 Å². The summed E-state index contributed by atoms with van der Waals surface area (Å²) in [6, 6.07) is 58.2. The summed E-state index contributed by atoms with van der Waals surface area (Å²) in [6.45, 7) is 0. The number of rotatable bonds is 4. The second-order valence-corrected chi connectivity index (χ2v) is 11.2. The van der Waals surface area contributed by atoms with E-state index in [0.717, 1.165) is 33.9 Å². The van der Waals surface area contributed by atoms with Crippen molar-refractivity contribution in [3.8, 4) is 33.9 Å². The van der Waals surface area contributed by atoms with E-state index < -0.39 is 0 Å². The van der Waals surface area contributed by atoms with Crippen LogP contribution in [0.5, 0.6) is 0 Å². The van der Waals surface area contributed by atoms with Gasteiger partial charge in [-0.1, -0.05) is 109 Å². The number of aromatic nitrogens is 3. The van der Waals surface area contributed by atoms with Gasteiger partial charge in [-0.25, -0.2) is 4.98 Å². The number of hydrogen-bond acceptors (Lipinski definition) is 1. The Labute approximate surface area is 254 Å². The summed E-state index contributed by atoms with van der Waals surface area (Å²) in [5, 5.41) is 5.02. The molecule has 6 aromatic carbocycles. The fraction of sp³-hybridized carbons (Fsp3) is 0. The number of nitrogens with zero attached hydrogens (tertiary/aromatic N) is 3. The molecule has 0 unspecified atom stereocenters. The molecule has 3 aromatic heterocycles. The zero-order chi connectivity index (χ0) is 29.0. The number of benzene rings is 6. The molecule has 9 aromatic rings. The van der Waals surface area contributed by atoms with Gasteiger partial charge in [0.15, 0.2) is 0 Å². The van der Waals surface area contributed by atoms with Gasteiger partial charge in [0.2, 0.25) is 0 Å². The van der Waals surface area contributed by atoms with E-state index in [9.17, 15) is 0 Å². The summed E-state index contributed by atoms with van der Waals surface area (Å²) in [7, 11) is 0. The molecule has 3 heteroatoms. The van der Waals surface area contributed by atoms with Crippen molar-refractivity contribution < 1.29 is 0 Å². The Balaban J connectivity index is 1.32. The summed E-state index contributed by atoms with van der Waals surface area (Å²) in [4.78, 5) is 5.06. The zero-order valence-electron chi connectivity index (χ0n) is 23.9. The molecule has 3 nitrogen and oxygen atoms in total. The van der Waals surface area contributed by atoms with E-state index in [1.807, 2.05) is 6.07 Å². The summed E-state index contributed by atoms with van der Waals surface area (Å²) in [5.74, 6) is 0. The van der Waals surface area contributed by atoms with Crippen LogP contribution in [0.15, 0.2) is 164 Å². The highest BCUT2D eigenvalue weighted by Crippen LogP contribution is 2.42. The lowest BCUT2D eigenvalue weighted by molar-refractivity contribution is 1.17. The predicted molar refractivity (Wildman–Crippen MR) is 184 cm³/mol. The lowest BCUT2D eigenvalue weighted by atomic mass is 10.1. The lowest BCUT2D eigenvalue weighted by Crippen LogP contribution is -1.96. The fourth-order valence-electron chi connectivity index (χ4n) is 6.80. The highest BCUT2D eigenvalue weighted by atomic mass is 15.0. The molecule has 0 N–H and O–H groups in total. The van der Waals surface area contributed by atoms with E-state index in [4.69, 9.17) is 4.98 Å². The first-order valence-electron chi connectivity index (χ1n) is 15.0. The Morgan fingerprint density at radius 2 is 0.955 bits per heavy atom. The number of para-hydroxylation sites is 3. The van der Waals surface area contributed by atoms with Crippen molar-refractivity contribution in [3.63, 3.8) is 0 Å². The summed E-state index contributed by atoms with van der Waals surface area (Å²) >= 11 is 0. The van der Waals surface area contributed by atoms with E-state index in [2.05, 4.69) is 167 Å². The molecule has 0 bridgehead atoms. The Hall–Kier alpha value is -5.93. The average Bonchev–Trinajstić information content (AvgIpc) is 3.62. The van der Waals surface area contributed by atoms with Crippen molar-refractivity contribution in [2.75, 3.05) is 0 Å². The summed E-state index contributed by atoms with van der Waals surface area (Å²) in [6.07, 6.45) is 0. The second kappa shape index (κ2) is 9.82. The molecule has 9 rings (SSSR count). The van der Waals surface area contributed by atoms with E-state index in [-0.39, 0.29) is 0 Å². The number of fused-ring (bicyclic) bond motifs is 7. The Morgan fingerprint density at radius 3 is 1.75 bits per heavy atom. The van der Waals surface area contributed by atoms with Gasteiger partial charge in [0.25, 0.3) is 0 Å². The highest BCUT2D eigenvalue weighted by molar-refractivity contribution is 6.26. The maximum atomic E-state index is 5.06. The van der Waals surface area contributed by atoms with Crippen molar-refractivity contribution >= 4 is 43.6 Å². The smallest absolute Gasteiger partial charge is 0.0710 e. The molecule has 0 radical (unpaired) electrons. The Bertz CT molecular complexity index is 2480. The average molecular weight is 562 g/mol. The standard InChI is InChI=1S/C41H27N3/c1-3-13-28(14-4-1)35-21-12-22-36(42-35)29-15-11-18-31(27-29)43-38-24-10-8-20-34(38)40-39(43)26-25-33-32-19-7-9-23-37(32)44(41(33)40)30-16-5-2-6-17-30/h1-27H. The lowest BCUT2D eigenvalue weighted by Gasteiger charge is -2.11. The van der Waals surface area contributed by atoms with E-state index in [1.54, 1.807) is 0 Å². The molecule has 206 valence electrons. The SMILES string of the molecule is c1ccc(-c2cccc(-c3cccc(-n4c5ccccc5c5c4ccc4c6ccccc6n(-c6ccccc6)c45)c3)n2)cc1. The van der Waals surface area contributed by atoms with Crippen molar-refractivity contribution in [3.05, 3.63) is 164 Å².